The number of carbonyl (C=O) groups is 1. The third-order valence-corrected chi connectivity index (χ3v) is 6.35. The second-order valence-corrected chi connectivity index (χ2v) is 8.40. The second-order valence-electron chi connectivity index (χ2n) is 6.31. The first-order valence-electron chi connectivity index (χ1n) is 8.74. The Bertz CT molecular complexity index is 601. The van der Waals surface area contributed by atoms with Crippen LogP contribution in [0, 0.1) is 5.92 Å². The summed E-state index contributed by atoms with van der Waals surface area (Å²) >= 11 is 0. The summed E-state index contributed by atoms with van der Waals surface area (Å²) in [4.78, 5) is 16.3. The van der Waals surface area contributed by atoms with Crippen LogP contribution in [-0.2, 0) is 21.4 Å². The normalized spacial score (nSPS) is 19.3. The number of nitrogens with one attached hydrogen (secondary N) is 1. The number of nitrogens with zero attached hydrogens (tertiary/aromatic N) is 3. The lowest BCUT2D eigenvalue weighted by Crippen LogP contribution is -2.46. The van der Waals surface area contributed by atoms with Crippen molar-refractivity contribution < 1.29 is 13.2 Å². The van der Waals surface area contributed by atoms with Crippen molar-refractivity contribution in [2.24, 2.45) is 5.92 Å². The van der Waals surface area contributed by atoms with Gasteiger partial charge in [-0.15, -0.1) is 0 Å². The van der Waals surface area contributed by atoms with Crippen molar-refractivity contribution in [2.75, 3.05) is 25.4 Å². The van der Waals surface area contributed by atoms with Crippen molar-refractivity contribution in [3.63, 3.8) is 0 Å². The van der Waals surface area contributed by atoms with Gasteiger partial charge in [-0.05, 0) is 32.1 Å². The lowest BCUT2D eigenvalue weighted by Gasteiger charge is -2.31. The Morgan fingerprint density at radius 2 is 2.21 bits per heavy atom. The molecule has 1 N–H and O–H groups in total. The number of carbonyl (C=O) groups excluding carboxylic acids is 1. The maximum atomic E-state index is 12.3. The molecule has 0 spiro atoms. The fourth-order valence-electron chi connectivity index (χ4n) is 2.99. The molecule has 1 amide bonds. The van der Waals surface area contributed by atoms with Crippen LogP contribution in [0.4, 0.5) is 0 Å². The van der Waals surface area contributed by atoms with Crippen molar-refractivity contribution >= 4 is 15.9 Å². The van der Waals surface area contributed by atoms with E-state index in [-0.39, 0.29) is 17.6 Å². The molecule has 1 aliphatic heterocycles. The van der Waals surface area contributed by atoms with Gasteiger partial charge in [0.2, 0.25) is 15.9 Å². The molecule has 0 aliphatic carbocycles. The summed E-state index contributed by atoms with van der Waals surface area (Å²) in [7, 11) is -3.21. The minimum absolute atomic E-state index is 0.0194. The van der Waals surface area contributed by atoms with E-state index in [1.165, 1.54) is 4.31 Å². The van der Waals surface area contributed by atoms with Gasteiger partial charge >= 0.3 is 0 Å². The molecule has 1 unspecified atom stereocenters. The number of hydrogen-bond acceptors (Lipinski definition) is 4. The number of hydrogen-bond donors (Lipinski definition) is 1. The number of imidazole rings is 1. The maximum Gasteiger partial charge on any atom is 0.224 e. The first-order chi connectivity index (χ1) is 11.5. The molecule has 0 bridgehead atoms. The van der Waals surface area contributed by atoms with Gasteiger partial charge < -0.3 is 9.88 Å². The van der Waals surface area contributed by atoms with E-state index in [9.17, 15) is 13.2 Å². The van der Waals surface area contributed by atoms with E-state index >= 15 is 0 Å². The molecule has 0 aromatic carbocycles. The largest absolute Gasteiger partial charge is 0.356 e. The molecule has 0 saturated carbocycles. The number of aryl methyl sites for hydroxylation is 1. The third-order valence-electron chi connectivity index (χ3n) is 4.31. The summed E-state index contributed by atoms with van der Waals surface area (Å²) in [6, 6.07) is 0. The van der Waals surface area contributed by atoms with E-state index in [1.54, 1.807) is 12.5 Å². The van der Waals surface area contributed by atoms with E-state index in [0.29, 0.717) is 26.1 Å². The van der Waals surface area contributed by atoms with Gasteiger partial charge in [0, 0.05) is 38.6 Å². The van der Waals surface area contributed by atoms with Gasteiger partial charge in [-0.1, -0.05) is 6.92 Å². The standard InChI is InChI=1S/C16H28N4O3S/c1-2-12-24(22,23)20-10-5-6-15(13-20)16(21)18-7-3-4-9-19-11-8-17-14-19/h8,11,14-15H,2-7,9-10,12-13H2,1H3,(H,18,21). The zero-order valence-corrected chi connectivity index (χ0v) is 15.2. The number of rotatable bonds is 9. The molecule has 1 fully saturated rings. The molecule has 2 rings (SSSR count). The SMILES string of the molecule is CCCS(=O)(=O)N1CCCC(C(=O)NCCCCn2ccnc2)C1. The number of aromatic nitrogens is 2. The van der Waals surface area contributed by atoms with E-state index in [4.69, 9.17) is 0 Å². The van der Waals surface area contributed by atoms with Crippen molar-refractivity contribution in [3.05, 3.63) is 18.7 Å². The molecule has 1 atom stereocenters. The minimum atomic E-state index is -3.21. The molecule has 136 valence electrons. The average molecular weight is 356 g/mol. The Morgan fingerprint density at radius 3 is 2.92 bits per heavy atom. The highest BCUT2D eigenvalue weighted by atomic mass is 32.2. The Hall–Kier alpha value is -1.41. The van der Waals surface area contributed by atoms with E-state index in [1.807, 2.05) is 17.7 Å². The first kappa shape index (κ1) is 18.9. The van der Waals surface area contributed by atoms with Gasteiger partial charge in [-0.3, -0.25) is 4.79 Å². The summed E-state index contributed by atoms with van der Waals surface area (Å²) in [6.45, 7) is 4.24. The summed E-state index contributed by atoms with van der Waals surface area (Å²) in [5.41, 5.74) is 0. The van der Waals surface area contributed by atoms with Crippen LogP contribution in [0.3, 0.4) is 0 Å². The highest BCUT2D eigenvalue weighted by molar-refractivity contribution is 7.89. The molecule has 1 aliphatic rings. The van der Waals surface area contributed by atoms with Crippen LogP contribution in [0.15, 0.2) is 18.7 Å². The lowest BCUT2D eigenvalue weighted by molar-refractivity contribution is -0.126. The van der Waals surface area contributed by atoms with E-state index in [2.05, 4.69) is 10.3 Å². The van der Waals surface area contributed by atoms with Crippen LogP contribution in [0.5, 0.6) is 0 Å². The predicted octanol–water partition coefficient (Wildman–Crippen LogP) is 1.23. The Labute approximate surface area is 144 Å². The highest BCUT2D eigenvalue weighted by Gasteiger charge is 2.31. The molecule has 1 saturated heterocycles. The Morgan fingerprint density at radius 1 is 1.38 bits per heavy atom. The van der Waals surface area contributed by atoms with Crippen LogP contribution in [0.25, 0.3) is 0 Å². The monoisotopic (exact) mass is 356 g/mol. The number of unbranched alkanes of at least 4 members (excludes halogenated alkanes) is 1. The third kappa shape index (κ3) is 5.59. The molecule has 2 heterocycles. The van der Waals surface area contributed by atoms with Gasteiger partial charge in [-0.25, -0.2) is 17.7 Å². The zero-order chi connectivity index (χ0) is 17.4. The van der Waals surface area contributed by atoms with Gasteiger partial charge in [0.05, 0.1) is 18.0 Å². The second kappa shape index (κ2) is 9.17. The fourth-order valence-corrected chi connectivity index (χ4v) is 4.58. The van der Waals surface area contributed by atoms with Crippen molar-refractivity contribution in [1.29, 1.82) is 0 Å². The number of sulfonamides is 1. The van der Waals surface area contributed by atoms with Crippen molar-refractivity contribution in [1.82, 2.24) is 19.2 Å². The zero-order valence-electron chi connectivity index (χ0n) is 14.4. The Balaban J connectivity index is 1.69. The van der Waals surface area contributed by atoms with Gasteiger partial charge in [0.25, 0.3) is 0 Å². The minimum Gasteiger partial charge on any atom is -0.356 e. The van der Waals surface area contributed by atoms with Crippen LogP contribution < -0.4 is 5.32 Å². The molecule has 0 radical (unpaired) electrons. The fraction of sp³-hybridized carbons (Fsp3) is 0.750. The van der Waals surface area contributed by atoms with Crippen LogP contribution in [0.2, 0.25) is 0 Å². The summed E-state index contributed by atoms with van der Waals surface area (Å²) in [5.74, 6) is -0.0802. The van der Waals surface area contributed by atoms with Gasteiger partial charge in [-0.2, -0.15) is 0 Å². The van der Waals surface area contributed by atoms with Gasteiger partial charge in [0.15, 0.2) is 0 Å². The van der Waals surface area contributed by atoms with Crippen LogP contribution >= 0.6 is 0 Å². The molecule has 24 heavy (non-hydrogen) atoms. The van der Waals surface area contributed by atoms with Crippen LogP contribution in [-0.4, -0.2) is 53.6 Å². The van der Waals surface area contributed by atoms with E-state index in [0.717, 1.165) is 32.2 Å². The maximum absolute atomic E-state index is 12.3. The molecular weight excluding hydrogens is 328 g/mol. The van der Waals surface area contributed by atoms with Crippen molar-refractivity contribution in [3.8, 4) is 0 Å². The molecule has 1 aromatic rings. The van der Waals surface area contributed by atoms with E-state index < -0.39 is 10.0 Å². The topological polar surface area (TPSA) is 84.3 Å². The molecule has 1 aromatic heterocycles. The summed E-state index contributed by atoms with van der Waals surface area (Å²) < 4.78 is 27.8. The molecular formula is C16H28N4O3S. The van der Waals surface area contributed by atoms with Crippen LogP contribution in [0.1, 0.15) is 39.0 Å². The predicted molar refractivity (Wildman–Crippen MR) is 92.8 cm³/mol. The van der Waals surface area contributed by atoms with Crippen molar-refractivity contribution in [2.45, 2.75) is 45.6 Å². The first-order valence-corrected chi connectivity index (χ1v) is 10.3. The van der Waals surface area contributed by atoms with Gasteiger partial charge in [0.1, 0.15) is 0 Å². The number of piperidine rings is 1. The Kier molecular flexibility index (Phi) is 7.23. The number of amides is 1. The quantitative estimate of drug-likeness (QED) is 0.675. The molecule has 8 heteroatoms. The smallest absolute Gasteiger partial charge is 0.224 e. The molecule has 7 nitrogen and oxygen atoms in total. The lowest BCUT2D eigenvalue weighted by atomic mass is 9.99. The average Bonchev–Trinajstić information content (AvgIpc) is 3.08. The summed E-state index contributed by atoms with van der Waals surface area (Å²) in [6.07, 6.45) is 9.45. The highest BCUT2D eigenvalue weighted by Crippen LogP contribution is 2.20. The summed E-state index contributed by atoms with van der Waals surface area (Å²) in [5, 5.41) is 2.95.